The molecule has 0 saturated carbocycles. The number of ether oxygens (including phenoxy) is 1. The van der Waals surface area contributed by atoms with Crippen molar-refractivity contribution in [1.29, 1.82) is 0 Å². The second kappa shape index (κ2) is 7.28. The van der Waals surface area contributed by atoms with Crippen LogP contribution in [-0.2, 0) is 11.3 Å². The minimum atomic E-state index is -0.0974. The Labute approximate surface area is 163 Å². The second-order valence-corrected chi connectivity index (χ2v) is 7.43. The average molecular weight is 377 g/mol. The Hall–Kier alpha value is -2.86. The Kier molecular flexibility index (Phi) is 4.49. The van der Waals surface area contributed by atoms with E-state index in [0.717, 1.165) is 49.4 Å². The molecule has 1 saturated heterocycles. The summed E-state index contributed by atoms with van der Waals surface area (Å²) in [7, 11) is 0. The summed E-state index contributed by atoms with van der Waals surface area (Å²) >= 11 is 0. The van der Waals surface area contributed by atoms with E-state index in [1.807, 2.05) is 34.0 Å². The van der Waals surface area contributed by atoms with Gasteiger partial charge >= 0.3 is 0 Å². The molecule has 0 radical (unpaired) electrons. The van der Waals surface area contributed by atoms with E-state index in [0.29, 0.717) is 12.3 Å². The summed E-state index contributed by atoms with van der Waals surface area (Å²) in [4.78, 5) is 14.7. The number of anilines is 1. The number of para-hydroxylation sites is 1. The first-order valence-electron chi connectivity index (χ1n) is 9.89. The molecule has 144 valence electrons. The standard InChI is InChI=1S/C22H23N3O3/c26-22(21-8-4-14-28-21)25-12-9-17(18-6-1-2-7-20(18)25)19-10-11-24(23-19)15-16-5-3-13-27-16/h1-2,4,6-8,10-11,14,16-17H,3,5,9,12-13,15H2/t16-,17-/m0/s1. The molecule has 6 nitrogen and oxygen atoms in total. The van der Waals surface area contributed by atoms with Crippen molar-refractivity contribution in [2.75, 3.05) is 18.1 Å². The monoisotopic (exact) mass is 377 g/mol. The molecular weight excluding hydrogens is 354 g/mol. The lowest BCUT2D eigenvalue weighted by Gasteiger charge is -2.33. The summed E-state index contributed by atoms with van der Waals surface area (Å²) in [6.07, 6.45) is 6.92. The SMILES string of the molecule is O=C(c1ccco1)N1CC[C@H](c2ccn(C[C@@H]3CCCO3)n2)c2ccccc21. The maximum Gasteiger partial charge on any atom is 0.293 e. The first-order valence-corrected chi connectivity index (χ1v) is 9.89. The van der Waals surface area contributed by atoms with Gasteiger partial charge in [-0.05, 0) is 49.1 Å². The number of amides is 1. The number of nitrogens with zero attached hydrogens (tertiary/aromatic N) is 3. The molecule has 1 fully saturated rings. The van der Waals surface area contributed by atoms with Gasteiger partial charge in [-0.15, -0.1) is 0 Å². The van der Waals surface area contributed by atoms with Crippen LogP contribution in [0.5, 0.6) is 0 Å². The topological polar surface area (TPSA) is 60.5 Å². The van der Waals surface area contributed by atoms with Gasteiger partial charge in [-0.1, -0.05) is 18.2 Å². The van der Waals surface area contributed by atoms with Gasteiger partial charge in [0.05, 0.1) is 24.6 Å². The number of hydrogen-bond donors (Lipinski definition) is 0. The van der Waals surface area contributed by atoms with Crippen LogP contribution in [0.4, 0.5) is 5.69 Å². The first kappa shape index (κ1) is 17.3. The Morgan fingerprint density at radius 1 is 1.14 bits per heavy atom. The van der Waals surface area contributed by atoms with Crippen LogP contribution in [-0.4, -0.2) is 34.9 Å². The molecule has 0 aliphatic carbocycles. The van der Waals surface area contributed by atoms with Crippen molar-refractivity contribution in [2.45, 2.75) is 37.8 Å². The number of fused-ring (bicyclic) bond motifs is 1. The number of carbonyl (C=O) groups excluding carboxylic acids is 1. The van der Waals surface area contributed by atoms with Gasteiger partial charge in [-0.25, -0.2) is 0 Å². The highest BCUT2D eigenvalue weighted by Crippen LogP contribution is 2.39. The zero-order valence-electron chi connectivity index (χ0n) is 15.7. The van der Waals surface area contributed by atoms with Crippen LogP contribution in [0.2, 0.25) is 0 Å². The zero-order valence-corrected chi connectivity index (χ0v) is 15.7. The predicted octanol–water partition coefficient (Wildman–Crippen LogP) is 3.84. The van der Waals surface area contributed by atoms with Gasteiger partial charge < -0.3 is 14.1 Å². The van der Waals surface area contributed by atoms with Crippen LogP contribution in [0.15, 0.2) is 59.3 Å². The molecule has 1 aromatic carbocycles. The highest BCUT2D eigenvalue weighted by Gasteiger charge is 2.32. The molecular formula is C22H23N3O3. The van der Waals surface area contributed by atoms with Gasteiger partial charge in [0.2, 0.25) is 0 Å². The van der Waals surface area contributed by atoms with E-state index in [9.17, 15) is 4.79 Å². The van der Waals surface area contributed by atoms with E-state index < -0.39 is 0 Å². The molecule has 0 unspecified atom stereocenters. The molecule has 2 atom stereocenters. The Bertz CT molecular complexity index is 957. The lowest BCUT2D eigenvalue weighted by Crippen LogP contribution is -2.36. The highest BCUT2D eigenvalue weighted by atomic mass is 16.5. The quantitative estimate of drug-likeness (QED) is 0.693. The highest BCUT2D eigenvalue weighted by molar-refractivity contribution is 6.05. The molecule has 0 N–H and O–H groups in total. The van der Waals surface area contributed by atoms with Crippen LogP contribution >= 0.6 is 0 Å². The van der Waals surface area contributed by atoms with Crippen molar-refractivity contribution in [3.63, 3.8) is 0 Å². The van der Waals surface area contributed by atoms with Gasteiger partial charge in [-0.3, -0.25) is 9.48 Å². The molecule has 2 aliphatic rings. The molecule has 2 aromatic heterocycles. The fraction of sp³-hybridized carbons (Fsp3) is 0.364. The second-order valence-electron chi connectivity index (χ2n) is 7.43. The van der Waals surface area contributed by atoms with Crippen molar-refractivity contribution in [3.05, 3.63) is 71.9 Å². The van der Waals surface area contributed by atoms with Gasteiger partial charge in [0, 0.05) is 31.0 Å². The van der Waals surface area contributed by atoms with Gasteiger partial charge in [0.15, 0.2) is 5.76 Å². The Balaban J connectivity index is 1.41. The van der Waals surface area contributed by atoms with E-state index in [4.69, 9.17) is 14.3 Å². The smallest absolute Gasteiger partial charge is 0.293 e. The number of benzene rings is 1. The zero-order chi connectivity index (χ0) is 18.9. The Morgan fingerprint density at radius 3 is 2.89 bits per heavy atom. The lowest BCUT2D eigenvalue weighted by atomic mass is 9.87. The van der Waals surface area contributed by atoms with Crippen LogP contribution in [0, 0.1) is 0 Å². The molecule has 0 spiro atoms. The summed E-state index contributed by atoms with van der Waals surface area (Å²) in [6.45, 7) is 2.30. The average Bonchev–Trinajstić information content (AvgIpc) is 3.50. The third-order valence-electron chi connectivity index (χ3n) is 5.65. The molecule has 2 aliphatic heterocycles. The van der Waals surface area contributed by atoms with Crippen molar-refractivity contribution in [2.24, 2.45) is 0 Å². The molecule has 4 heterocycles. The fourth-order valence-corrected chi connectivity index (χ4v) is 4.28. The molecule has 5 rings (SSSR count). The van der Waals surface area contributed by atoms with Gasteiger partial charge in [-0.2, -0.15) is 5.10 Å². The normalized spacial score (nSPS) is 21.6. The number of carbonyl (C=O) groups is 1. The first-order chi connectivity index (χ1) is 13.8. The molecule has 3 aromatic rings. The van der Waals surface area contributed by atoms with Crippen LogP contribution in [0.1, 0.15) is 47.0 Å². The van der Waals surface area contributed by atoms with Gasteiger partial charge in [0.25, 0.3) is 5.91 Å². The maximum absolute atomic E-state index is 12.9. The summed E-state index contributed by atoms with van der Waals surface area (Å²) in [5.74, 6) is 0.455. The summed E-state index contributed by atoms with van der Waals surface area (Å²) < 4.78 is 13.0. The minimum Gasteiger partial charge on any atom is -0.459 e. The third kappa shape index (κ3) is 3.14. The van der Waals surface area contributed by atoms with E-state index in [1.54, 1.807) is 12.1 Å². The van der Waals surface area contributed by atoms with Crippen LogP contribution in [0.3, 0.4) is 0 Å². The number of rotatable bonds is 4. The molecule has 28 heavy (non-hydrogen) atoms. The molecule has 0 bridgehead atoms. The molecule has 6 heteroatoms. The van der Waals surface area contributed by atoms with Gasteiger partial charge in [0.1, 0.15) is 0 Å². The van der Waals surface area contributed by atoms with E-state index in [2.05, 4.69) is 12.1 Å². The Morgan fingerprint density at radius 2 is 2.07 bits per heavy atom. The summed E-state index contributed by atoms with van der Waals surface area (Å²) in [5.41, 5.74) is 3.13. The van der Waals surface area contributed by atoms with Crippen LogP contribution < -0.4 is 4.90 Å². The lowest BCUT2D eigenvalue weighted by molar-refractivity contribution is 0.0937. The van der Waals surface area contributed by atoms with Crippen molar-refractivity contribution in [3.8, 4) is 0 Å². The predicted molar refractivity (Wildman–Crippen MR) is 104 cm³/mol. The fourth-order valence-electron chi connectivity index (χ4n) is 4.28. The maximum atomic E-state index is 12.9. The third-order valence-corrected chi connectivity index (χ3v) is 5.65. The largest absolute Gasteiger partial charge is 0.459 e. The van der Waals surface area contributed by atoms with E-state index in [1.165, 1.54) is 6.26 Å². The van der Waals surface area contributed by atoms with Crippen molar-refractivity contribution < 1.29 is 13.9 Å². The number of furan rings is 1. The van der Waals surface area contributed by atoms with E-state index in [-0.39, 0.29) is 17.9 Å². The van der Waals surface area contributed by atoms with Crippen molar-refractivity contribution >= 4 is 11.6 Å². The van der Waals surface area contributed by atoms with Crippen LogP contribution in [0.25, 0.3) is 0 Å². The number of aromatic nitrogens is 2. The number of hydrogen-bond acceptors (Lipinski definition) is 4. The summed E-state index contributed by atoms with van der Waals surface area (Å²) in [5, 5.41) is 4.83. The molecule has 1 amide bonds. The van der Waals surface area contributed by atoms with Crippen molar-refractivity contribution in [1.82, 2.24) is 9.78 Å². The van der Waals surface area contributed by atoms with E-state index >= 15 is 0 Å². The summed E-state index contributed by atoms with van der Waals surface area (Å²) in [6, 6.07) is 13.7. The minimum absolute atomic E-state index is 0.0974.